The third-order valence-corrected chi connectivity index (χ3v) is 1.44. The number of aliphatic carboxylic acids is 1. The Morgan fingerprint density at radius 1 is 1.50 bits per heavy atom. The molecule has 1 atom stereocenters. The summed E-state index contributed by atoms with van der Waals surface area (Å²) in [5.41, 5.74) is 0. The number of rotatable bonds is 6. The van der Waals surface area contributed by atoms with Gasteiger partial charge in [-0.1, -0.05) is 6.92 Å². The SMILES string of the molecule is CCC(OCC(F)(F)C(F)F)C(=O)O. The van der Waals surface area contributed by atoms with Crippen LogP contribution in [0.3, 0.4) is 0 Å². The highest BCUT2D eigenvalue weighted by atomic mass is 19.3. The lowest BCUT2D eigenvalue weighted by Crippen LogP contribution is -2.36. The van der Waals surface area contributed by atoms with Crippen LogP contribution in [0.25, 0.3) is 0 Å². The zero-order valence-corrected chi connectivity index (χ0v) is 7.34. The van der Waals surface area contributed by atoms with Crippen molar-refractivity contribution in [2.24, 2.45) is 0 Å². The van der Waals surface area contributed by atoms with Crippen molar-refractivity contribution in [3.63, 3.8) is 0 Å². The molecule has 0 amide bonds. The summed E-state index contributed by atoms with van der Waals surface area (Å²) >= 11 is 0. The van der Waals surface area contributed by atoms with Crippen LogP contribution in [0.1, 0.15) is 13.3 Å². The lowest BCUT2D eigenvalue weighted by atomic mass is 10.3. The fourth-order valence-corrected chi connectivity index (χ4v) is 0.638. The van der Waals surface area contributed by atoms with Crippen molar-refractivity contribution in [1.29, 1.82) is 0 Å². The van der Waals surface area contributed by atoms with Gasteiger partial charge in [0, 0.05) is 0 Å². The van der Waals surface area contributed by atoms with Crippen molar-refractivity contribution >= 4 is 5.97 Å². The van der Waals surface area contributed by atoms with Gasteiger partial charge in [-0.25, -0.2) is 13.6 Å². The van der Waals surface area contributed by atoms with Crippen molar-refractivity contribution < 1.29 is 32.2 Å². The van der Waals surface area contributed by atoms with E-state index in [0.29, 0.717) is 0 Å². The van der Waals surface area contributed by atoms with E-state index in [1.54, 1.807) is 0 Å². The maximum absolute atomic E-state index is 12.2. The maximum atomic E-state index is 12.2. The van der Waals surface area contributed by atoms with Crippen LogP contribution < -0.4 is 0 Å². The van der Waals surface area contributed by atoms with Crippen molar-refractivity contribution in [2.75, 3.05) is 6.61 Å². The van der Waals surface area contributed by atoms with Gasteiger partial charge in [0.25, 0.3) is 0 Å². The van der Waals surface area contributed by atoms with E-state index < -0.39 is 31.0 Å². The Kier molecular flexibility index (Phi) is 4.82. The molecule has 0 spiro atoms. The Bertz CT molecular complexity index is 195. The van der Waals surface area contributed by atoms with Gasteiger partial charge in [-0.2, -0.15) is 8.78 Å². The summed E-state index contributed by atoms with van der Waals surface area (Å²) in [6.45, 7) is -0.200. The normalized spacial score (nSPS) is 14.4. The molecule has 0 aliphatic heterocycles. The van der Waals surface area contributed by atoms with Crippen LogP contribution in [0, 0.1) is 0 Å². The summed E-state index contributed by atoms with van der Waals surface area (Å²) in [6.07, 6.45) is -5.39. The number of ether oxygens (including phenoxy) is 1. The van der Waals surface area contributed by atoms with Crippen molar-refractivity contribution in [1.82, 2.24) is 0 Å². The molecule has 0 aliphatic carbocycles. The molecule has 0 saturated carbocycles. The first kappa shape index (κ1) is 13.2. The molecule has 84 valence electrons. The Labute approximate surface area is 77.7 Å². The predicted molar refractivity (Wildman–Crippen MR) is 38.6 cm³/mol. The molecule has 0 aliphatic rings. The van der Waals surface area contributed by atoms with Crippen LogP contribution in [0.4, 0.5) is 17.6 Å². The minimum Gasteiger partial charge on any atom is -0.479 e. The van der Waals surface area contributed by atoms with E-state index in [9.17, 15) is 22.4 Å². The Hall–Kier alpha value is -0.850. The first-order chi connectivity index (χ1) is 6.31. The number of hydrogen-bond acceptors (Lipinski definition) is 2. The van der Waals surface area contributed by atoms with E-state index in [4.69, 9.17) is 5.11 Å². The van der Waals surface area contributed by atoms with Gasteiger partial charge < -0.3 is 9.84 Å². The van der Waals surface area contributed by atoms with E-state index >= 15 is 0 Å². The van der Waals surface area contributed by atoms with Gasteiger partial charge in [-0.3, -0.25) is 0 Å². The monoisotopic (exact) mass is 218 g/mol. The number of hydrogen-bond donors (Lipinski definition) is 1. The molecule has 0 fully saturated rings. The average molecular weight is 218 g/mol. The molecule has 14 heavy (non-hydrogen) atoms. The zero-order chi connectivity index (χ0) is 11.4. The lowest BCUT2D eigenvalue weighted by molar-refractivity contribution is -0.185. The minimum absolute atomic E-state index is 0.0609. The first-order valence-electron chi connectivity index (χ1n) is 3.81. The highest BCUT2D eigenvalue weighted by Crippen LogP contribution is 2.23. The zero-order valence-electron chi connectivity index (χ0n) is 7.34. The summed E-state index contributed by atoms with van der Waals surface area (Å²) in [5, 5.41) is 8.35. The third-order valence-electron chi connectivity index (χ3n) is 1.44. The van der Waals surface area contributed by atoms with Crippen LogP contribution in [-0.2, 0) is 9.53 Å². The summed E-state index contributed by atoms with van der Waals surface area (Å²) < 4.78 is 51.8. The molecular weight excluding hydrogens is 208 g/mol. The summed E-state index contributed by atoms with van der Waals surface area (Å²) in [5.74, 6) is -5.75. The number of carbonyl (C=O) groups is 1. The van der Waals surface area contributed by atoms with Crippen LogP contribution in [0.5, 0.6) is 0 Å². The Morgan fingerprint density at radius 2 is 2.00 bits per heavy atom. The standard InChI is InChI=1S/C7H10F4O3/c1-2-4(5(12)13)14-3-7(10,11)6(8)9/h4,6H,2-3H2,1H3,(H,12,13). The number of carboxylic acids is 1. The molecule has 0 aromatic rings. The van der Waals surface area contributed by atoms with Gasteiger partial charge in [0.15, 0.2) is 6.10 Å². The molecule has 0 heterocycles. The van der Waals surface area contributed by atoms with Crippen LogP contribution in [0.15, 0.2) is 0 Å². The lowest BCUT2D eigenvalue weighted by Gasteiger charge is -2.18. The quantitative estimate of drug-likeness (QED) is 0.691. The minimum atomic E-state index is -4.30. The third kappa shape index (κ3) is 3.91. The van der Waals surface area contributed by atoms with E-state index in [2.05, 4.69) is 4.74 Å². The number of alkyl halides is 4. The van der Waals surface area contributed by atoms with E-state index in [0.717, 1.165) is 0 Å². The van der Waals surface area contributed by atoms with Crippen LogP contribution >= 0.6 is 0 Å². The van der Waals surface area contributed by atoms with Crippen LogP contribution in [-0.4, -0.2) is 36.1 Å². The summed E-state index contributed by atoms with van der Waals surface area (Å²) in [4.78, 5) is 10.3. The second-order valence-corrected chi connectivity index (χ2v) is 2.61. The van der Waals surface area contributed by atoms with Gasteiger partial charge in [0.2, 0.25) is 0 Å². The van der Waals surface area contributed by atoms with Gasteiger partial charge in [-0.15, -0.1) is 0 Å². The van der Waals surface area contributed by atoms with Crippen molar-refractivity contribution in [3.8, 4) is 0 Å². The number of halogens is 4. The highest BCUT2D eigenvalue weighted by molar-refractivity contribution is 5.72. The van der Waals surface area contributed by atoms with Gasteiger partial charge in [0.1, 0.15) is 6.61 Å². The topological polar surface area (TPSA) is 46.5 Å². The molecule has 1 unspecified atom stereocenters. The molecule has 1 N–H and O–H groups in total. The predicted octanol–water partition coefficient (Wildman–Crippen LogP) is 1.77. The van der Waals surface area contributed by atoms with Crippen molar-refractivity contribution in [3.05, 3.63) is 0 Å². The van der Waals surface area contributed by atoms with Crippen molar-refractivity contribution in [2.45, 2.75) is 31.8 Å². The van der Waals surface area contributed by atoms with Gasteiger partial charge in [-0.05, 0) is 6.42 Å². The fourth-order valence-electron chi connectivity index (χ4n) is 0.638. The maximum Gasteiger partial charge on any atom is 0.332 e. The molecule has 0 saturated heterocycles. The van der Waals surface area contributed by atoms with Gasteiger partial charge >= 0.3 is 18.3 Å². The summed E-state index contributed by atoms with van der Waals surface area (Å²) in [7, 11) is 0. The Morgan fingerprint density at radius 3 is 2.29 bits per heavy atom. The van der Waals surface area contributed by atoms with Crippen LogP contribution in [0.2, 0.25) is 0 Å². The molecule has 0 aromatic carbocycles. The second kappa shape index (κ2) is 5.14. The van der Waals surface area contributed by atoms with E-state index in [-0.39, 0.29) is 6.42 Å². The average Bonchev–Trinajstić information content (AvgIpc) is 2.04. The number of carboxylic acid groups (broad SMARTS) is 1. The summed E-state index contributed by atoms with van der Waals surface area (Å²) in [6, 6.07) is 0. The molecule has 0 bridgehead atoms. The highest BCUT2D eigenvalue weighted by Gasteiger charge is 2.42. The molecule has 7 heteroatoms. The van der Waals surface area contributed by atoms with E-state index in [1.807, 2.05) is 0 Å². The smallest absolute Gasteiger partial charge is 0.332 e. The molecule has 0 aromatic heterocycles. The molecule has 3 nitrogen and oxygen atoms in total. The fraction of sp³-hybridized carbons (Fsp3) is 0.857. The largest absolute Gasteiger partial charge is 0.479 e. The molecule has 0 rings (SSSR count). The van der Waals surface area contributed by atoms with Gasteiger partial charge in [0.05, 0.1) is 0 Å². The first-order valence-corrected chi connectivity index (χ1v) is 3.81. The second-order valence-electron chi connectivity index (χ2n) is 2.61. The Balaban J connectivity index is 4.09. The molecular formula is C7H10F4O3. The van der Waals surface area contributed by atoms with E-state index in [1.165, 1.54) is 6.92 Å². The molecule has 0 radical (unpaired) electrons.